The van der Waals surface area contributed by atoms with E-state index >= 15 is 0 Å². The van der Waals surface area contributed by atoms with Gasteiger partial charge in [0, 0.05) is 26.4 Å². The Morgan fingerprint density at radius 1 is 1.33 bits per heavy atom. The first-order valence-corrected chi connectivity index (χ1v) is 8.10. The number of nitrogens with zero attached hydrogens (tertiary/aromatic N) is 3. The lowest BCUT2D eigenvalue weighted by atomic mass is 10.1. The molecular weight excluding hydrogens is 310 g/mol. The van der Waals surface area contributed by atoms with Crippen LogP contribution in [0.2, 0.25) is 0 Å². The molecule has 0 bridgehead atoms. The van der Waals surface area contributed by atoms with Crippen molar-refractivity contribution in [3.63, 3.8) is 0 Å². The maximum Gasteiger partial charge on any atom is 0.270 e. The number of rotatable bonds is 4. The Kier molecular flexibility index (Phi) is 4.69. The van der Waals surface area contributed by atoms with Crippen LogP contribution in [0.15, 0.2) is 29.4 Å². The molecule has 7 nitrogen and oxygen atoms in total. The summed E-state index contributed by atoms with van der Waals surface area (Å²) in [4.78, 5) is 25.8. The second-order valence-electron chi connectivity index (χ2n) is 5.81. The molecule has 24 heavy (non-hydrogen) atoms. The number of fused-ring (bicyclic) bond motifs is 1. The highest BCUT2D eigenvalue weighted by molar-refractivity contribution is 6.39. The van der Waals surface area contributed by atoms with Gasteiger partial charge < -0.3 is 14.4 Å². The van der Waals surface area contributed by atoms with Crippen molar-refractivity contribution in [3.05, 3.63) is 24.3 Å². The Bertz CT molecular complexity index is 674. The summed E-state index contributed by atoms with van der Waals surface area (Å²) in [6.45, 7) is 3.26. The van der Waals surface area contributed by atoms with E-state index in [0.717, 1.165) is 5.75 Å². The van der Waals surface area contributed by atoms with Gasteiger partial charge in [0.05, 0.1) is 6.54 Å². The van der Waals surface area contributed by atoms with Gasteiger partial charge in [-0.1, -0.05) is 12.1 Å². The lowest BCUT2D eigenvalue weighted by Gasteiger charge is -2.31. The molecule has 0 N–H and O–H groups in total. The zero-order valence-electron chi connectivity index (χ0n) is 13.9. The van der Waals surface area contributed by atoms with Gasteiger partial charge in [-0.3, -0.25) is 9.59 Å². The quantitative estimate of drug-likeness (QED) is 0.833. The van der Waals surface area contributed by atoms with Crippen LogP contribution in [0.1, 0.15) is 19.8 Å². The first kappa shape index (κ1) is 16.3. The topological polar surface area (TPSA) is 71.4 Å². The van der Waals surface area contributed by atoms with Gasteiger partial charge in [-0.25, -0.2) is 5.01 Å². The van der Waals surface area contributed by atoms with Crippen molar-refractivity contribution in [2.45, 2.75) is 25.9 Å². The van der Waals surface area contributed by atoms with E-state index in [1.165, 1.54) is 5.01 Å². The van der Waals surface area contributed by atoms with E-state index in [0.29, 0.717) is 44.0 Å². The number of hydrogen-bond acceptors (Lipinski definition) is 5. The van der Waals surface area contributed by atoms with Gasteiger partial charge >= 0.3 is 0 Å². The lowest BCUT2D eigenvalue weighted by Crippen LogP contribution is -2.47. The zero-order chi connectivity index (χ0) is 17.1. The highest BCUT2D eigenvalue weighted by Gasteiger charge is 2.29. The predicted octanol–water partition coefficient (Wildman–Crippen LogP) is 1.28. The van der Waals surface area contributed by atoms with Gasteiger partial charge in [0.15, 0.2) is 17.6 Å². The van der Waals surface area contributed by atoms with Crippen molar-refractivity contribution >= 4 is 17.5 Å². The molecular formula is C17H21N3O4. The number of amides is 2. The van der Waals surface area contributed by atoms with Gasteiger partial charge in [-0.2, -0.15) is 5.10 Å². The fraction of sp³-hybridized carbons (Fsp3) is 0.471. The van der Waals surface area contributed by atoms with E-state index in [1.807, 2.05) is 31.2 Å². The average molecular weight is 331 g/mol. The van der Waals surface area contributed by atoms with Crippen LogP contribution in [0, 0.1) is 0 Å². The minimum Gasteiger partial charge on any atom is -0.486 e. The number of likely N-dealkylation sites (N-methyl/N-ethyl adjacent to an activating group) is 1. The Morgan fingerprint density at radius 2 is 2.08 bits per heavy atom. The van der Waals surface area contributed by atoms with Crippen LogP contribution in [0.5, 0.6) is 11.5 Å². The van der Waals surface area contributed by atoms with Gasteiger partial charge in [0.2, 0.25) is 5.91 Å². The molecule has 2 aliphatic heterocycles. The second-order valence-corrected chi connectivity index (χ2v) is 5.81. The highest BCUT2D eigenvalue weighted by Crippen LogP contribution is 2.31. The molecule has 0 radical (unpaired) electrons. The third kappa shape index (κ3) is 3.34. The van der Waals surface area contributed by atoms with E-state index in [9.17, 15) is 9.59 Å². The Labute approximate surface area is 140 Å². The SMILES string of the molecule is CCN(C[C@H]1COc2ccccc2O1)C(=O)C1=NN(C)C(=O)CC1. The summed E-state index contributed by atoms with van der Waals surface area (Å²) in [5, 5.41) is 5.34. The molecule has 7 heteroatoms. The third-order valence-electron chi connectivity index (χ3n) is 4.11. The van der Waals surface area contributed by atoms with E-state index in [1.54, 1.807) is 11.9 Å². The van der Waals surface area contributed by atoms with Gasteiger partial charge in [-0.15, -0.1) is 0 Å². The molecule has 1 aromatic carbocycles. The summed E-state index contributed by atoms with van der Waals surface area (Å²) >= 11 is 0. The minimum atomic E-state index is -0.229. The van der Waals surface area contributed by atoms with E-state index in [2.05, 4.69) is 5.10 Å². The van der Waals surface area contributed by atoms with Crippen molar-refractivity contribution in [2.75, 3.05) is 26.7 Å². The molecule has 1 aromatic rings. The summed E-state index contributed by atoms with van der Waals surface area (Å²) in [6, 6.07) is 7.49. The Morgan fingerprint density at radius 3 is 2.79 bits per heavy atom. The van der Waals surface area contributed by atoms with E-state index in [4.69, 9.17) is 9.47 Å². The summed E-state index contributed by atoms with van der Waals surface area (Å²) in [7, 11) is 1.57. The van der Waals surface area contributed by atoms with Crippen LogP contribution in [0.25, 0.3) is 0 Å². The molecule has 0 aliphatic carbocycles. The Hall–Kier alpha value is -2.57. The Balaban J connectivity index is 1.66. The summed E-state index contributed by atoms with van der Waals surface area (Å²) in [5.74, 6) is 1.19. The molecule has 2 amide bonds. The van der Waals surface area contributed by atoms with Crippen molar-refractivity contribution < 1.29 is 19.1 Å². The van der Waals surface area contributed by atoms with Gasteiger partial charge in [0.25, 0.3) is 5.91 Å². The molecule has 0 aromatic heterocycles. The summed E-state index contributed by atoms with van der Waals surface area (Å²) in [6.07, 6.45) is 0.464. The number of benzene rings is 1. The fourth-order valence-corrected chi connectivity index (χ4v) is 2.76. The molecule has 128 valence electrons. The van der Waals surface area contributed by atoms with Crippen LogP contribution < -0.4 is 9.47 Å². The van der Waals surface area contributed by atoms with E-state index in [-0.39, 0.29) is 17.9 Å². The van der Waals surface area contributed by atoms with Gasteiger partial charge in [-0.05, 0) is 19.1 Å². The summed E-state index contributed by atoms with van der Waals surface area (Å²) < 4.78 is 11.6. The van der Waals surface area contributed by atoms with Crippen LogP contribution in [0.4, 0.5) is 0 Å². The van der Waals surface area contributed by atoms with Crippen molar-refractivity contribution in [3.8, 4) is 11.5 Å². The first-order valence-electron chi connectivity index (χ1n) is 8.10. The first-order chi connectivity index (χ1) is 11.6. The number of carbonyl (C=O) groups excluding carboxylic acids is 2. The van der Waals surface area contributed by atoms with Gasteiger partial charge in [0.1, 0.15) is 12.3 Å². The largest absolute Gasteiger partial charge is 0.486 e. The molecule has 1 atom stereocenters. The van der Waals surface area contributed by atoms with Crippen LogP contribution in [-0.2, 0) is 9.59 Å². The van der Waals surface area contributed by atoms with Crippen LogP contribution >= 0.6 is 0 Å². The molecule has 0 fully saturated rings. The molecule has 0 unspecified atom stereocenters. The van der Waals surface area contributed by atoms with Crippen molar-refractivity contribution in [2.24, 2.45) is 5.10 Å². The van der Waals surface area contributed by atoms with Crippen LogP contribution in [0.3, 0.4) is 0 Å². The summed E-state index contributed by atoms with van der Waals surface area (Å²) in [5.41, 5.74) is 0.413. The maximum absolute atomic E-state index is 12.7. The standard InChI is InChI=1S/C17H21N3O4/c1-3-20(17(22)13-8-9-16(21)19(2)18-13)10-12-11-23-14-6-4-5-7-15(14)24-12/h4-7,12H,3,8-11H2,1-2H3/t12-/m0/s1. The number of para-hydroxylation sites is 2. The predicted molar refractivity (Wildman–Crippen MR) is 88.0 cm³/mol. The molecule has 2 heterocycles. The number of hydrazone groups is 1. The highest BCUT2D eigenvalue weighted by atomic mass is 16.6. The van der Waals surface area contributed by atoms with Crippen molar-refractivity contribution in [1.29, 1.82) is 0 Å². The lowest BCUT2D eigenvalue weighted by molar-refractivity contribution is -0.131. The second kappa shape index (κ2) is 6.90. The number of hydrogen-bond donors (Lipinski definition) is 0. The molecule has 0 spiro atoms. The molecule has 3 rings (SSSR count). The monoisotopic (exact) mass is 331 g/mol. The average Bonchev–Trinajstić information content (AvgIpc) is 2.61. The molecule has 0 saturated carbocycles. The third-order valence-corrected chi connectivity index (χ3v) is 4.11. The number of carbonyl (C=O) groups is 2. The normalized spacial score (nSPS) is 19.8. The zero-order valence-corrected chi connectivity index (χ0v) is 13.9. The number of ether oxygens (including phenoxy) is 2. The minimum absolute atomic E-state index is 0.0739. The van der Waals surface area contributed by atoms with E-state index < -0.39 is 0 Å². The maximum atomic E-state index is 12.7. The van der Waals surface area contributed by atoms with Crippen LogP contribution in [-0.4, -0.2) is 60.3 Å². The fourth-order valence-electron chi connectivity index (χ4n) is 2.76. The smallest absolute Gasteiger partial charge is 0.270 e. The molecule has 0 saturated heterocycles. The van der Waals surface area contributed by atoms with Crippen molar-refractivity contribution in [1.82, 2.24) is 9.91 Å². The molecule has 2 aliphatic rings.